The van der Waals surface area contributed by atoms with E-state index in [1.165, 1.54) is 26.2 Å². The molecule has 0 saturated carbocycles. The molecule has 3 aromatic carbocycles. The zero-order chi connectivity index (χ0) is 33.1. The predicted molar refractivity (Wildman–Crippen MR) is 180 cm³/mol. The molecule has 234 valence electrons. The summed E-state index contributed by atoms with van der Waals surface area (Å²) in [5.74, 6) is -2.63. The van der Waals surface area contributed by atoms with Crippen LogP contribution >= 0.6 is 35.7 Å². The highest BCUT2D eigenvalue weighted by Crippen LogP contribution is 2.56. The van der Waals surface area contributed by atoms with Gasteiger partial charge in [0.2, 0.25) is 5.91 Å². The van der Waals surface area contributed by atoms with Crippen LogP contribution in [0, 0.1) is 0 Å². The van der Waals surface area contributed by atoms with Gasteiger partial charge in [0.1, 0.15) is 22.1 Å². The number of methoxy groups -OCH3 is 3. The Morgan fingerprint density at radius 1 is 0.826 bits per heavy atom. The minimum Gasteiger partial charge on any atom is -0.497 e. The first-order valence-corrected chi connectivity index (χ1v) is 15.9. The zero-order valence-corrected chi connectivity index (χ0v) is 27.7. The van der Waals surface area contributed by atoms with Crippen LogP contribution in [0.5, 0.6) is 5.75 Å². The van der Waals surface area contributed by atoms with Gasteiger partial charge in [0.05, 0.1) is 41.7 Å². The molecule has 3 amide bonds. The number of nitrogens with zero attached hydrogens (tertiary/aromatic N) is 2. The number of hydrogen-bond donors (Lipinski definition) is 0. The second-order valence-corrected chi connectivity index (χ2v) is 13.6. The third-order valence-corrected chi connectivity index (χ3v) is 11.3. The number of thioether (sulfide) groups is 2. The number of amides is 3. The standard InChI is InChI=1S/C33H26N2O8S3/c1-33(2)27(44)24(32-45-25(30(39)42-4)26(46-32)31(40)43-5)18-13-12-17(41-3)14-21(18)35(33)22(36)15-34-28(37)19-10-6-8-16-9-7-11-20(23(16)19)29(34)38/h6-14H,15H2,1-5H3. The normalized spacial score (nSPS) is 17.0. The summed E-state index contributed by atoms with van der Waals surface area (Å²) in [6.07, 6.45) is 0. The van der Waals surface area contributed by atoms with Crippen LogP contribution in [-0.4, -0.2) is 72.8 Å². The van der Waals surface area contributed by atoms with Crippen molar-refractivity contribution in [2.75, 3.05) is 32.8 Å². The fraction of sp³-hybridized carbons (Fsp3) is 0.212. The quantitative estimate of drug-likeness (QED) is 0.151. The summed E-state index contributed by atoms with van der Waals surface area (Å²) in [6.45, 7) is 2.97. The summed E-state index contributed by atoms with van der Waals surface area (Å²) in [5.41, 5.74) is 1.01. The molecule has 0 aromatic heterocycles. The average molecular weight is 675 g/mol. The number of rotatable bonds is 5. The molecule has 3 aliphatic heterocycles. The lowest BCUT2D eigenvalue weighted by Gasteiger charge is -2.45. The van der Waals surface area contributed by atoms with E-state index < -0.39 is 41.7 Å². The van der Waals surface area contributed by atoms with E-state index in [1.54, 1.807) is 56.3 Å². The number of esters is 2. The molecule has 3 aliphatic rings. The third-order valence-electron chi connectivity index (χ3n) is 8.00. The molecule has 0 unspecified atom stereocenters. The van der Waals surface area contributed by atoms with Gasteiger partial charge in [0.25, 0.3) is 11.8 Å². The summed E-state index contributed by atoms with van der Waals surface area (Å²) < 4.78 is 15.9. The number of ether oxygens (including phenoxy) is 3. The molecule has 6 rings (SSSR count). The Morgan fingerprint density at radius 2 is 1.39 bits per heavy atom. The van der Waals surface area contributed by atoms with Crippen molar-refractivity contribution in [2.24, 2.45) is 0 Å². The van der Waals surface area contributed by atoms with Crippen LogP contribution in [0.1, 0.15) is 40.1 Å². The van der Waals surface area contributed by atoms with E-state index in [4.69, 9.17) is 26.4 Å². The monoisotopic (exact) mass is 674 g/mol. The van der Waals surface area contributed by atoms with E-state index in [0.29, 0.717) is 48.2 Å². The number of thiocarbonyl (C=S) groups is 1. The second kappa shape index (κ2) is 11.7. The molecular weight excluding hydrogens is 649 g/mol. The largest absolute Gasteiger partial charge is 0.497 e. The molecule has 13 heteroatoms. The number of carbonyl (C=O) groups is 5. The first-order valence-electron chi connectivity index (χ1n) is 13.9. The number of carbonyl (C=O) groups excluding carboxylic acids is 5. The number of imide groups is 1. The lowest BCUT2D eigenvalue weighted by Crippen LogP contribution is -2.59. The Balaban J connectivity index is 1.44. The van der Waals surface area contributed by atoms with Crippen molar-refractivity contribution >= 4 is 92.3 Å². The summed E-state index contributed by atoms with van der Waals surface area (Å²) >= 11 is 8.11. The molecular formula is C33H26N2O8S3. The Bertz CT molecular complexity index is 1920. The van der Waals surface area contributed by atoms with E-state index in [1.807, 2.05) is 12.1 Å². The van der Waals surface area contributed by atoms with Crippen molar-refractivity contribution in [1.29, 1.82) is 0 Å². The van der Waals surface area contributed by atoms with Crippen molar-refractivity contribution in [2.45, 2.75) is 19.4 Å². The average Bonchev–Trinajstić information content (AvgIpc) is 3.50. The Kier molecular flexibility index (Phi) is 8.03. The fourth-order valence-corrected chi connectivity index (χ4v) is 8.83. The van der Waals surface area contributed by atoms with Gasteiger partial charge in [-0.1, -0.05) is 60.0 Å². The van der Waals surface area contributed by atoms with Gasteiger partial charge >= 0.3 is 11.9 Å². The van der Waals surface area contributed by atoms with E-state index >= 15 is 0 Å². The number of hydrogen-bond acceptors (Lipinski definition) is 11. The van der Waals surface area contributed by atoms with Crippen molar-refractivity contribution in [1.82, 2.24) is 4.90 Å². The van der Waals surface area contributed by atoms with Gasteiger partial charge < -0.3 is 14.2 Å². The van der Waals surface area contributed by atoms with E-state index in [0.717, 1.165) is 33.8 Å². The molecule has 0 atom stereocenters. The molecule has 3 aromatic rings. The summed E-state index contributed by atoms with van der Waals surface area (Å²) in [6, 6.07) is 15.5. The molecule has 0 bridgehead atoms. The van der Waals surface area contributed by atoms with Gasteiger partial charge in [-0.05, 0) is 43.5 Å². The van der Waals surface area contributed by atoms with Crippen LogP contribution < -0.4 is 9.64 Å². The maximum Gasteiger partial charge on any atom is 0.346 e. The lowest BCUT2D eigenvalue weighted by molar-refractivity contribution is -0.138. The van der Waals surface area contributed by atoms with Gasteiger partial charge in [-0.2, -0.15) is 0 Å². The number of anilines is 1. The summed E-state index contributed by atoms with van der Waals surface area (Å²) in [4.78, 5) is 69.8. The van der Waals surface area contributed by atoms with Crippen molar-refractivity contribution < 1.29 is 38.2 Å². The maximum atomic E-state index is 14.3. The molecule has 3 heterocycles. The molecule has 0 saturated heterocycles. The maximum absolute atomic E-state index is 14.3. The highest BCUT2D eigenvalue weighted by Gasteiger charge is 2.47. The molecule has 0 fully saturated rings. The summed E-state index contributed by atoms with van der Waals surface area (Å²) in [7, 11) is 3.93. The smallest absolute Gasteiger partial charge is 0.346 e. The molecule has 0 N–H and O–H groups in total. The molecule has 10 nitrogen and oxygen atoms in total. The third kappa shape index (κ3) is 4.81. The first kappa shape index (κ1) is 31.5. The van der Waals surface area contributed by atoms with Crippen LogP contribution in [0.3, 0.4) is 0 Å². The highest BCUT2D eigenvalue weighted by molar-refractivity contribution is 8.29. The Hall–Kier alpha value is -4.46. The topological polar surface area (TPSA) is 120 Å². The Labute approximate surface area is 277 Å². The van der Waals surface area contributed by atoms with Gasteiger partial charge in [-0.25, -0.2) is 9.59 Å². The fourth-order valence-electron chi connectivity index (χ4n) is 5.80. The molecule has 46 heavy (non-hydrogen) atoms. The number of benzene rings is 3. The van der Waals surface area contributed by atoms with Gasteiger partial charge in [0, 0.05) is 33.7 Å². The molecule has 0 radical (unpaired) electrons. The lowest BCUT2D eigenvalue weighted by atomic mass is 9.83. The van der Waals surface area contributed by atoms with E-state index in [9.17, 15) is 24.0 Å². The SMILES string of the molecule is COC(=O)C1=C(C(=O)OC)SC(=C2C(=S)C(C)(C)N(C(=O)CN3C(=O)c4cccc5cccc(c45)C3=O)c3cc(OC)ccc32)S1. The minimum absolute atomic E-state index is 0.0634. The van der Waals surface area contributed by atoms with Crippen LogP contribution in [0.2, 0.25) is 0 Å². The number of fused-ring (bicyclic) bond motifs is 1. The predicted octanol–water partition coefficient (Wildman–Crippen LogP) is 5.35. The summed E-state index contributed by atoms with van der Waals surface area (Å²) in [5, 5.41) is 1.32. The van der Waals surface area contributed by atoms with Crippen LogP contribution in [0.15, 0.2) is 68.6 Å². The van der Waals surface area contributed by atoms with Crippen molar-refractivity contribution in [3.05, 3.63) is 85.3 Å². The van der Waals surface area contributed by atoms with Crippen molar-refractivity contribution in [3.8, 4) is 5.75 Å². The van der Waals surface area contributed by atoms with Gasteiger partial charge in [-0.3, -0.25) is 24.2 Å². The minimum atomic E-state index is -1.17. The molecule has 0 aliphatic carbocycles. The van der Waals surface area contributed by atoms with Gasteiger partial charge in [-0.15, -0.1) is 0 Å². The van der Waals surface area contributed by atoms with E-state index in [-0.39, 0.29) is 9.81 Å². The first-order chi connectivity index (χ1) is 21.9. The van der Waals surface area contributed by atoms with Crippen LogP contribution in [0.4, 0.5) is 5.69 Å². The van der Waals surface area contributed by atoms with Crippen LogP contribution in [0.25, 0.3) is 16.3 Å². The molecule has 0 spiro atoms. The van der Waals surface area contributed by atoms with Crippen molar-refractivity contribution in [3.63, 3.8) is 0 Å². The highest BCUT2D eigenvalue weighted by atomic mass is 32.2. The van der Waals surface area contributed by atoms with Gasteiger partial charge in [0.15, 0.2) is 0 Å². The second-order valence-electron chi connectivity index (χ2n) is 10.9. The van der Waals surface area contributed by atoms with Crippen LogP contribution in [-0.2, 0) is 23.9 Å². The zero-order valence-electron chi connectivity index (χ0n) is 25.3. The van der Waals surface area contributed by atoms with E-state index in [2.05, 4.69) is 0 Å². The Morgan fingerprint density at radius 3 is 1.91 bits per heavy atom.